The fourth-order valence-electron chi connectivity index (χ4n) is 4.08. The van der Waals surface area contributed by atoms with Gasteiger partial charge in [0.05, 0.1) is 28.3 Å². The smallest absolute Gasteiger partial charge is 0.328 e. The molecule has 7 nitrogen and oxygen atoms in total. The lowest BCUT2D eigenvalue weighted by Gasteiger charge is -2.35. The molecular formula is C23H29N5O2. The highest BCUT2D eigenvalue weighted by Crippen LogP contribution is 2.32. The number of hydrogen-bond acceptors (Lipinski definition) is 4. The van der Waals surface area contributed by atoms with E-state index < -0.39 is 0 Å². The number of aryl methyl sites for hydroxylation is 2. The quantitative estimate of drug-likeness (QED) is 0.721. The van der Waals surface area contributed by atoms with E-state index in [1.54, 1.807) is 23.2 Å². The van der Waals surface area contributed by atoms with E-state index in [1.165, 1.54) is 0 Å². The van der Waals surface area contributed by atoms with Gasteiger partial charge in [0.15, 0.2) is 0 Å². The first kappa shape index (κ1) is 20.2. The van der Waals surface area contributed by atoms with Gasteiger partial charge in [0.1, 0.15) is 0 Å². The summed E-state index contributed by atoms with van der Waals surface area (Å²) >= 11 is 0. The molecule has 1 atom stereocenters. The second-order valence-electron chi connectivity index (χ2n) is 8.17. The van der Waals surface area contributed by atoms with E-state index in [0.717, 1.165) is 54.2 Å². The normalized spacial score (nSPS) is 16.1. The fraction of sp³-hybridized carbons (Fsp3) is 0.391. The number of aromatic nitrogens is 2. The third kappa shape index (κ3) is 3.61. The molecule has 0 unspecified atom stereocenters. The lowest BCUT2D eigenvalue weighted by molar-refractivity contribution is -0.117. The van der Waals surface area contributed by atoms with Gasteiger partial charge in [0, 0.05) is 40.3 Å². The lowest BCUT2D eigenvalue weighted by atomic mass is 10.0. The van der Waals surface area contributed by atoms with Crippen molar-refractivity contribution in [2.45, 2.75) is 12.8 Å². The van der Waals surface area contributed by atoms with Crippen molar-refractivity contribution in [2.24, 2.45) is 14.1 Å². The summed E-state index contributed by atoms with van der Waals surface area (Å²) in [6.45, 7) is 5.58. The Labute approximate surface area is 176 Å². The number of fused-ring (bicyclic) bond motifs is 1. The molecule has 1 aromatic heterocycles. The number of imidazole rings is 1. The Kier molecular flexibility index (Phi) is 5.39. The zero-order valence-corrected chi connectivity index (χ0v) is 18.1. The van der Waals surface area contributed by atoms with E-state index in [2.05, 4.69) is 22.2 Å². The van der Waals surface area contributed by atoms with Crippen LogP contribution in [0, 0.1) is 0 Å². The Bertz CT molecular complexity index is 1120. The summed E-state index contributed by atoms with van der Waals surface area (Å²) in [6.07, 6.45) is 0. The number of piperazine rings is 1. The molecule has 1 saturated heterocycles. The molecule has 7 heteroatoms. The maximum Gasteiger partial charge on any atom is 0.328 e. The molecule has 2 aromatic carbocycles. The molecule has 1 amide bonds. The van der Waals surface area contributed by atoms with Gasteiger partial charge in [0.25, 0.3) is 0 Å². The van der Waals surface area contributed by atoms with Crippen molar-refractivity contribution in [3.63, 3.8) is 0 Å². The van der Waals surface area contributed by atoms with Gasteiger partial charge in [-0.05, 0) is 31.7 Å². The number of nitrogens with one attached hydrogen (secondary N) is 1. The molecule has 1 fully saturated rings. The second kappa shape index (κ2) is 7.99. The molecular weight excluding hydrogens is 378 g/mol. The maximum absolute atomic E-state index is 13.1. The van der Waals surface area contributed by atoms with Crippen molar-refractivity contribution in [1.82, 2.24) is 14.0 Å². The molecule has 1 aliphatic heterocycles. The van der Waals surface area contributed by atoms with Crippen molar-refractivity contribution in [1.29, 1.82) is 0 Å². The SMILES string of the molecule is C[C@H](C(=O)Nc1cc2c(cc1N1CCN(C)CC1)n(C)c(=O)n2C)c1ccccc1. The van der Waals surface area contributed by atoms with E-state index >= 15 is 0 Å². The zero-order valence-electron chi connectivity index (χ0n) is 18.1. The zero-order chi connectivity index (χ0) is 21.4. The van der Waals surface area contributed by atoms with Crippen molar-refractivity contribution >= 4 is 28.3 Å². The van der Waals surface area contributed by atoms with Crippen molar-refractivity contribution < 1.29 is 4.79 Å². The van der Waals surface area contributed by atoms with E-state index in [9.17, 15) is 9.59 Å². The molecule has 0 radical (unpaired) electrons. The molecule has 2 heterocycles. The highest BCUT2D eigenvalue weighted by Gasteiger charge is 2.23. The minimum absolute atomic E-state index is 0.0585. The van der Waals surface area contributed by atoms with Crippen LogP contribution in [0.2, 0.25) is 0 Å². The highest BCUT2D eigenvalue weighted by molar-refractivity contribution is 6.01. The van der Waals surface area contributed by atoms with Gasteiger partial charge in [0.2, 0.25) is 5.91 Å². The summed E-state index contributed by atoms with van der Waals surface area (Å²) in [5.41, 5.74) is 4.29. The van der Waals surface area contributed by atoms with Crippen LogP contribution in [0.3, 0.4) is 0 Å². The van der Waals surface area contributed by atoms with Gasteiger partial charge in [-0.25, -0.2) is 4.79 Å². The predicted octanol–water partition coefficient (Wildman–Crippen LogP) is 2.37. The van der Waals surface area contributed by atoms with Crippen molar-refractivity contribution in [3.8, 4) is 0 Å². The number of benzene rings is 2. The van der Waals surface area contributed by atoms with E-state index in [-0.39, 0.29) is 17.5 Å². The number of nitrogens with zero attached hydrogens (tertiary/aromatic N) is 4. The topological polar surface area (TPSA) is 62.5 Å². The van der Waals surface area contributed by atoms with Crippen LogP contribution in [0.15, 0.2) is 47.3 Å². The number of rotatable bonds is 4. The van der Waals surface area contributed by atoms with Gasteiger partial charge in [-0.1, -0.05) is 30.3 Å². The summed E-state index contributed by atoms with van der Waals surface area (Å²) in [5, 5.41) is 3.15. The van der Waals surface area contributed by atoms with Crippen LogP contribution in [0.5, 0.6) is 0 Å². The number of hydrogen-bond donors (Lipinski definition) is 1. The molecule has 0 aliphatic carbocycles. The predicted molar refractivity (Wildman–Crippen MR) is 121 cm³/mol. The number of carbonyl (C=O) groups excluding carboxylic acids is 1. The van der Waals surface area contributed by atoms with Crippen LogP contribution < -0.4 is 15.9 Å². The Morgan fingerprint density at radius 1 is 0.933 bits per heavy atom. The third-order valence-corrected chi connectivity index (χ3v) is 6.18. The maximum atomic E-state index is 13.1. The van der Waals surface area contributed by atoms with E-state index in [0.29, 0.717) is 0 Å². The van der Waals surface area contributed by atoms with Crippen LogP contribution in [0.4, 0.5) is 11.4 Å². The molecule has 0 bridgehead atoms. The number of likely N-dealkylation sites (N-methyl/N-ethyl adjacent to an activating group) is 1. The Hall–Kier alpha value is -3.06. The van der Waals surface area contributed by atoms with E-state index in [1.807, 2.05) is 49.4 Å². The number of anilines is 2. The fourth-order valence-corrected chi connectivity index (χ4v) is 4.08. The van der Waals surface area contributed by atoms with Crippen LogP contribution in [0.25, 0.3) is 11.0 Å². The molecule has 158 valence electrons. The highest BCUT2D eigenvalue weighted by atomic mass is 16.2. The van der Waals surface area contributed by atoms with Crippen LogP contribution >= 0.6 is 0 Å². The Morgan fingerprint density at radius 3 is 2.17 bits per heavy atom. The molecule has 1 N–H and O–H groups in total. The first-order chi connectivity index (χ1) is 14.4. The first-order valence-electron chi connectivity index (χ1n) is 10.4. The monoisotopic (exact) mass is 407 g/mol. The second-order valence-corrected chi connectivity index (χ2v) is 8.17. The number of amides is 1. The molecule has 1 aliphatic rings. The van der Waals surface area contributed by atoms with Crippen molar-refractivity contribution in [3.05, 3.63) is 58.5 Å². The minimum Gasteiger partial charge on any atom is -0.367 e. The molecule has 30 heavy (non-hydrogen) atoms. The molecule has 0 spiro atoms. The largest absolute Gasteiger partial charge is 0.367 e. The van der Waals surface area contributed by atoms with Crippen molar-refractivity contribution in [2.75, 3.05) is 43.4 Å². The average molecular weight is 408 g/mol. The summed E-state index contributed by atoms with van der Waals surface area (Å²) in [7, 11) is 5.66. The van der Waals surface area contributed by atoms with Gasteiger partial charge < -0.3 is 15.1 Å². The van der Waals surface area contributed by atoms with E-state index in [4.69, 9.17) is 0 Å². The first-order valence-corrected chi connectivity index (χ1v) is 10.4. The molecule has 0 saturated carbocycles. The standard InChI is InChI=1S/C23H29N5O2/c1-16(17-8-6-5-7-9-17)22(29)24-18-14-20-21(27(4)23(30)26(20)3)15-19(18)28-12-10-25(2)11-13-28/h5-9,14-16H,10-13H2,1-4H3,(H,24,29)/t16-/m0/s1. The van der Waals surface area contributed by atoms with Gasteiger partial charge >= 0.3 is 5.69 Å². The van der Waals surface area contributed by atoms with Gasteiger partial charge in [-0.15, -0.1) is 0 Å². The minimum atomic E-state index is -0.276. The summed E-state index contributed by atoms with van der Waals surface area (Å²) in [6, 6.07) is 13.7. The average Bonchev–Trinajstić information content (AvgIpc) is 2.97. The van der Waals surface area contributed by atoms with Gasteiger partial charge in [-0.2, -0.15) is 0 Å². The molecule has 4 rings (SSSR count). The number of carbonyl (C=O) groups is 1. The lowest BCUT2D eigenvalue weighted by Crippen LogP contribution is -2.44. The Balaban J connectivity index is 1.74. The summed E-state index contributed by atoms with van der Waals surface area (Å²) < 4.78 is 3.28. The Morgan fingerprint density at radius 2 is 1.53 bits per heavy atom. The summed E-state index contributed by atoms with van der Waals surface area (Å²) in [5.74, 6) is -0.335. The third-order valence-electron chi connectivity index (χ3n) is 6.18. The summed E-state index contributed by atoms with van der Waals surface area (Å²) in [4.78, 5) is 30.1. The van der Waals surface area contributed by atoms with Gasteiger partial charge in [-0.3, -0.25) is 13.9 Å². The van der Waals surface area contributed by atoms with Crippen LogP contribution in [-0.2, 0) is 18.9 Å². The molecule has 3 aromatic rings. The van der Waals surface area contributed by atoms with Crippen LogP contribution in [0.1, 0.15) is 18.4 Å². The van der Waals surface area contributed by atoms with Crippen LogP contribution in [-0.4, -0.2) is 53.2 Å².